The second kappa shape index (κ2) is 5.78. The minimum atomic E-state index is -3.60. The van der Waals surface area contributed by atoms with E-state index in [2.05, 4.69) is 10.2 Å². The van der Waals surface area contributed by atoms with E-state index in [4.69, 9.17) is 16.3 Å². The van der Waals surface area contributed by atoms with Crippen LogP contribution in [0.3, 0.4) is 0 Å². The van der Waals surface area contributed by atoms with E-state index in [9.17, 15) is 8.42 Å². The molecule has 1 unspecified atom stereocenters. The Morgan fingerprint density at radius 1 is 1.58 bits per heavy atom. The van der Waals surface area contributed by atoms with E-state index < -0.39 is 10.0 Å². The Morgan fingerprint density at radius 2 is 2.32 bits per heavy atom. The molecule has 1 aliphatic rings. The number of morpholine rings is 1. The van der Waals surface area contributed by atoms with Crippen LogP contribution in [0.5, 0.6) is 0 Å². The van der Waals surface area contributed by atoms with Gasteiger partial charge >= 0.3 is 0 Å². The molecule has 0 aromatic carbocycles. The topological polar surface area (TPSA) is 75.3 Å². The van der Waals surface area contributed by atoms with E-state index in [1.807, 2.05) is 6.92 Å². The molecule has 1 atom stereocenters. The number of hydrogen-bond acceptors (Lipinski definition) is 4. The Hall–Kier alpha value is -0.630. The SMILES string of the molecule is CCC1CN(S(=O)(=O)c2n[nH]c(C)c2CCl)CCO1. The van der Waals surface area contributed by atoms with Crippen molar-refractivity contribution in [3.05, 3.63) is 11.3 Å². The highest BCUT2D eigenvalue weighted by Gasteiger charge is 2.33. The van der Waals surface area contributed by atoms with Crippen molar-refractivity contribution in [1.29, 1.82) is 0 Å². The number of nitrogens with one attached hydrogen (secondary N) is 1. The molecule has 1 N–H and O–H groups in total. The van der Waals surface area contributed by atoms with Crippen molar-refractivity contribution < 1.29 is 13.2 Å². The van der Waals surface area contributed by atoms with Gasteiger partial charge in [0, 0.05) is 24.3 Å². The highest BCUT2D eigenvalue weighted by atomic mass is 35.5. The lowest BCUT2D eigenvalue weighted by molar-refractivity contribution is -0.00285. The Labute approximate surface area is 118 Å². The summed E-state index contributed by atoms with van der Waals surface area (Å²) >= 11 is 5.81. The first-order chi connectivity index (χ1) is 9.00. The second-order valence-corrected chi connectivity index (χ2v) is 6.65. The number of alkyl halides is 1. The van der Waals surface area contributed by atoms with Gasteiger partial charge in [-0.25, -0.2) is 8.42 Å². The third-order valence-electron chi connectivity index (χ3n) is 3.31. The predicted octanol–water partition coefficient (Wildman–Crippen LogP) is 1.26. The molecule has 2 rings (SSSR count). The molecule has 0 radical (unpaired) electrons. The summed E-state index contributed by atoms with van der Waals surface area (Å²) < 4.78 is 32.1. The van der Waals surface area contributed by atoms with Gasteiger partial charge < -0.3 is 4.74 Å². The minimum absolute atomic E-state index is 0.0387. The summed E-state index contributed by atoms with van der Waals surface area (Å²) in [5.41, 5.74) is 1.23. The fourth-order valence-corrected chi connectivity index (χ4v) is 4.11. The van der Waals surface area contributed by atoms with Crippen LogP contribution in [0.2, 0.25) is 0 Å². The Bertz CT molecular complexity index is 543. The standard InChI is InChI=1S/C11H18ClN3O3S/c1-3-9-7-15(4-5-18-9)19(16,17)11-10(6-12)8(2)13-14-11/h9H,3-7H2,1-2H3,(H,13,14). The Kier molecular flexibility index (Phi) is 4.50. The lowest BCUT2D eigenvalue weighted by Gasteiger charge is -2.31. The number of sulfonamides is 1. The van der Waals surface area contributed by atoms with Gasteiger partial charge in [0.2, 0.25) is 0 Å². The largest absolute Gasteiger partial charge is 0.375 e. The Morgan fingerprint density at radius 3 is 2.95 bits per heavy atom. The summed E-state index contributed by atoms with van der Waals surface area (Å²) in [5.74, 6) is 0.123. The maximum Gasteiger partial charge on any atom is 0.262 e. The summed E-state index contributed by atoms with van der Waals surface area (Å²) in [4.78, 5) is 0. The van der Waals surface area contributed by atoms with Crippen molar-refractivity contribution >= 4 is 21.6 Å². The van der Waals surface area contributed by atoms with E-state index in [0.29, 0.717) is 31.0 Å². The lowest BCUT2D eigenvalue weighted by Crippen LogP contribution is -2.45. The summed E-state index contributed by atoms with van der Waals surface area (Å²) in [6.07, 6.45) is 0.733. The minimum Gasteiger partial charge on any atom is -0.375 e. The van der Waals surface area contributed by atoms with Crippen LogP contribution < -0.4 is 0 Å². The number of ether oxygens (including phenoxy) is 1. The van der Waals surface area contributed by atoms with Crippen LogP contribution in [0.15, 0.2) is 5.03 Å². The van der Waals surface area contributed by atoms with Crippen LogP contribution in [-0.2, 0) is 20.6 Å². The first-order valence-electron chi connectivity index (χ1n) is 6.22. The molecule has 0 bridgehead atoms. The van der Waals surface area contributed by atoms with Gasteiger partial charge in [-0.2, -0.15) is 9.40 Å². The van der Waals surface area contributed by atoms with Crippen LogP contribution in [0.25, 0.3) is 0 Å². The zero-order chi connectivity index (χ0) is 14.0. The van der Waals surface area contributed by atoms with Crippen LogP contribution in [0, 0.1) is 6.92 Å². The van der Waals surface area contributed by atoms with Crippen molar-refractivity contribution in [3.8, 4) is 0 Å². The number of hydrogen-bond donors (Lipinski definition) is 1. The smallest absolute Gasteiger partial charge is 0.262 e. The van der Waals surface area contributed by atoms with Crippen molar-refractivity contribution in [1.82, 2.24) is 14.5 Å². The maximum atomic E-state index is 12.6. The van der Waals surface area contributed by atoms with E-state index in [1.165, 1.54) is 4.31 Å². The van der Waals surface area contributed by atoms with Gasteiger partial charge in [-0.1, -0.05) is 6.92 Å². The van der Waals surface area contributed by atoms with Gasteiger partial charge in [0.05, 0.1) is 18.6 Å². The molecular formula is C11H18ClN3O3S. The number of aromatic amines is 1. The van der Waals surface area contributed by atoms with E-state index >= 15 is 0 Å². The molecule has 6 nitrogen and oxygen atoms in total. The van der Waals surface area contributed by atoms with Gasteiger partial charge in [-0.05, 0) is 13.3 Å². The zero-order valence-corrected chi connectivity index (χ0v) is 12.6. The van der Waals surface area contributed by atoms with Crippen LogP contribution in [0.4, 0.5) is 0 Å². The summed E-state index contributed by atoms with van der Waals surface area (Å²) in [6.45, 7) is 4.87. The number of aromatic nitrogens is 2. The van der Waals surface area contributed by atoms with Gasteiger partial charge in [-0.15, -0.1) is 11.6 Å². The van der Waals surface area contributed by atoms with Gasteiger partial charge in [0.1, 0.15) is 0 Å². The molecule has 19 heavy (non-hydrogen) atoms. The summed E-state index contributed by atoms with van der Waals surface area (Å²) in [7, 11) is -3.60. The molecule has 0 amide bonds. The fourth-order valence-electron chi connectivity index (χ4n) is 2.08. The molecule has 0 spiro atoms. The third kappa shape index (κ3) is 2.79. The summed E-state index contributed by atoms with van der Waals surface area (Å²) in [5, 5.41) is 6.63. The average molecular weight is 308 g/mol. The van der Waals surface area contributed by atoms with Gasteiger partial charge in [-0.3, -0.25) is 5.10 Å². The van der Waals surface area contributed by atoms with Crippen LogP contribution >= 0.6 is 11.6 Å². The molecule has 1 fully saturated rings. The molecule has 0 saturated carbocycles. The first kappa shape index (κ1) is 14.8. The normalized spacial score (nSPS) is 21.7. The number of H-pyrrole nitrogens is 1. The van der Waals surface area contributed by atoms with Crippen molar-refractivity contribution in [2.24, 2.45) is 0 Å². The third-order valence-corrected chi connectivity index (χ3v) is 5.42. The van der Waals surface area contributed by atoms with E-state index in [0.717, 1.165) is 6.42 Å². The molecule has 108 valence electrons. The number of aryl methyl sites for hydroxylation is 1. The van der Waals surface area contributed by atoms with E-state index in [-0.39, 0.29) is 17.0 Å². The Balaban J connectivity index is 2.31. The lowest BCUT2D eigenvalue weighted by atomic mass is 10.2. The number of halogens is 1. The second-order valence-electron chi connectivity index (χ2n) is 4.53. The molecular weight excluding hydrogens is 290 g/mol. The monoisotopic (exact) mass is 307 g/mol. The van der Waals surface area contributed by atoms with Crippen LogP contribution in [0.1, 0.15) is 24.6 Å². The maximum absolute atomic E-state index is 12.6. The number of nitrogens with zero attached hydrogens (tertiary/aromatic N) is 2. The van der Waals surface area contributed by atoms with Crippen molar-refractivity contribution in [2.75, 3.05) is 19.7 Å². The molecule has 1 aliphatic heterocycles. The molecule has 2 heterocycles. The summed E-state index contributed by atoms with van der Waals surface area (Å²) in [6, 6.07) is 0. The van der Waals surface area contributed by atoms with E-state index in [1.54, 1.807) is 6.92 Å². The first-order valence-corrected chi connectivity index (χ1v) is 8.19. The molecule has 1 saturated heterocycles. The highest BCUT2D eigenvalue weighted by Crippen LogP contribution is 2.24. The fraction of sp³-hybridized carbons (Fsp3) is 0.727. The van der Waals surface area contributed by atoms with Crippen molar-refractivity contribution in [3.63, 3.8) is 0 Å². The average Bonchev–Trinajstić information content (AvgIpc) is 2.80. The highest BCUT2D eigenvalue weighted by molar-refractivity contribution is 7.89. The van der Waals surface area contributed by atoms with Gasteiger partial charge in [0.25, 0.3) is 10.0 Å². The molecule has 1 aromatic rings. The van der Waals surface area contributed by atoms with Crippen molar-refractivity contribution in [2.45, 2.75) is 37.3 Å². The molecule has 0 aliphatic carbocycles. The zero-order valence-electron chi connectivity index (χ0n) is 11.0. The quantitative estimate of drug-likeness (QED) is 0.850. The number of rotatable bonds is 4. The molecule has 1 aromatic heterocycles. The molecule has 8 heteroatoms. The predicted molar refractivity (Wildman–Crippen MR) is 71.7 cm³/mol. The van der Waals surface area contributed by atoms with Gasteiger partial charge in [0.15, 0.2) is 5.03 Å². The van der Waals surface area contributed by atoms with Crippen LogP contribution in [-0.4, -0.2) is 48.7 Å².